The third-order valence-corrected chi connectivity index (χ3v) is 2.33. The summed E-state index contributed by atoms with van der Waals surface area (Å²) in [5.41, 5.74) is 7.01. The van der Waals surface area contributed by atoms with E-state index in [1.165, 1.54) is 0 Å². The maximum atomic E-state index is 5.91. The smallest absolute Gasteiger partial charge is 0.0463 e. The van der Waals surface area contributed by atoms with Crippen LogP contribution in [0.25, 0.3) is 0 Å². The van der Waals surface area contributed by atoms with Crippen LogP contribution in [0.4, 0.5) is 0 Å². The van der Waals surface area contributed by atoms with E-state index in [-0.39, 0.29) is 6.04 Å². The number of nitrogens with one attached hydrogen (secondary N) is 1. The fourth-order valence-electron chi connectivity index (χ4n) is 1.62. The van der Waals surface area contributed by atoms with E-state index in [1.54, 1.807) is 0 Å². The van der Waals surface area contributed by atoms with Crippen molar-refractivity contribution in [1.29, 1.82) is 0 Å². The number of rotatable bonds is 1. The summed E-state index contributed by atoms with van der Waals surface area (Å²) in [7, 11) is 0. The molecular weight excluding hydrogens is 150 g/mol. The molecule has 0 bridgehead atoms. The molecule has 1 saturated heterocycles. The molecule has 3 heteroatoms. The highest BCUT2D eigenvalue weighted by Crippen LogP contribution is 2.18. The summed E-state index contributed by atoms with van der Waals surface area (Å²) in [6, 6.07) is 6.20. The number of hydrogen-bond donors (Lipinski definition) is 2. The molecule has 0 spiro atoms. The fraction of sp³-hybridized carbons (Fsp3) is 0.444. The fourth-order valence-corrected chi connectivity index (χ4v) is 1.62. The Morgan fingerprint density at radius 1 is 1.42 bits per heavy atom. The standard InChI is InChI=1S/C9H13N3/c10-8-6-11-5-7(8)9-3-1-2-4-12-9/h1-4,7-8,11H,5-6,10H2. The van der Waals surface area contributed by atoms with Crippen molar-refractivity contribution in [1.82, 2.24) is 10.3 Å². The lowest BCUT2D eigenvalue weighted by Crippen LogP contribution is -2.27. The van der Waals surface area contributed by atoms with Gasteiger partial charge in [-0.05, 0) is 12.1 Å². The first-order valence-corrected chi connectivity index (χ1v) is 4.25. The van der Waals surface area contributed by atoms with Gasteiger partial charge in [0, 0.05) is 36.9 Å². The van der Waals surface area contributed by atoms with Gasteiger partial charge < -0.3 is 11.1 Å². The Balaban J connectivity index is 2.19. The Hall–Kier alpha value is -0.930. The molecule has 0 aromatic carbocycles. The minimum atomic E-state index is 0.222. The van der Waals surface area contributed by atoms with Crippen molar-refractivity contribution >= 4 is 0 Å². The molecule has 2 unspecified atom stereocenters. The quantitative estimate of drug-likeness (QED) is 0.617. The van der Waals surface area contributed by atoms with Gasteiger partial charge in [0.1, 0.15) is 0 Å². The number of nitrogens with two attached hydrogens (primary N) is 1. The van der Waals surface area contributed by atoms with E-state index in [4.69, 9.17) is 5.73 Å². The molecule has 0 radical (unpaired) electrons. The van der Waals surface area contributed by atoms with Gasteiger partial charge in [-0.3, -0.25) is 4.98 Å². The third kappa shape index (κ3) is 1.33. The zero-order chi connectivity index (χ0) is 8.39. The van der Waals surface area contributed by atoms with Gasteiger partial charge in [-0.1, -0.05) is 6.07 Å². The summed E-state index contributed by atoms with van der Waals surface area (Å²) >= 11 is 0. The average Bonchev–Trinajstić information content (AvgIpc) is 2.53. The molecule has 12 heavy (non-hydrogen) atoms. The Bertz CT molecular complexity index is 247. The Morgan fingerprint density at radius 2 is 2.33 bits per heavy atom. The summed E-state index contributed by atoms with van der Waals surface area (Å²) in [6.45, 7) is 1.86. The van der Waals surface area contributed by atoms with Gasteiger partial charge in [0.2, 0.25) is 0 Å². The first-order chi connectivity index (χ1) is 5.88. The van der Waals surface area contributed by atoms with Gasteiger partial charge >= 0.3 is 0 Å². The lowest BCUT2D eigenvalue weighted by atomic mass is 10.0. The second-order valence-corrected chi connectivity index (χ2v) is 3.18. The second kappa shape index (κ2) is 3.21. The SMILES string of the molecule is NC1CNCC1c1ccccn1. The van der Waals surface area contributed by atoms with E-state index in [1.807, 2.05) is 24.4 Å². The summed E-state index contributed by atoms with van der Waals surface area (Å²) in [6.07, 6.45) is 1.82. The normalized spacial score (nSPS) is 29.1. The van der Waals surface area contributed by atoms with Crippen LogP contribution in [0.5, 0.6) is 0 Å². The minimum Gasteiger partial charge on any atom is -0.326 e. The van der Waals surface area contributed by atoms with Crippen LogP contribution >= 0.6 is 0 Å². The molecule has 1 aliphatic heterocycles. The topological polar surface area (TPSA) is 50.9 Å². The van der Waals surface area contributed by atoms with Gasteiger partial charge in [-0.15, -0.1) is 0 Å². The molecule has 3 N–H and O–H groups in total. The monoisotopic (exact) mass is 163 g/mol. The maximum Gasteiger partial charge on any atom is 0.0463 e. The highest BCUT2D eigenvalue weighted by atomic mass is 15.0. The van der Waals surface area contributed by atoms with Crippen LogP contribution in [-0.2, 0) is 0 Å². The van der Waals surface area contributed by atoms with Crippen LogP contribution in [0.3, 0.4) is 0 Å². The molecule has 1 aromatic rings. The van der Waals surface area contributed by atoms with Gasteiger partial charge in [0.05, 0.1) is 0 Å². The summed E-state index contributed by atoms with van der Waals surface area (Å²) < 4.78 is 0. The van der Waals surface area contributed by atoms with Crippen molar-refractivity contribution < 1.29 is 0 Å². The summed E-state index contributed by atoms with van der Waals surface area (Å²) in [5, 5.41) is 3.26. The number of pyridine rings is 1. The largest absolute Gasteiger partial charge is 0.326 e. The van der Waals surface area contributed by atoms with E-state index in [0.717, 1.165) is 18.8 Å². The first kappa shape index (κ1) is 7.71. The second-order valence-electron chi connectivity index (χ2n) is 3.18. The zero-order valence-electron chi connectivity index (χ0n) is 6.90. The lowest BCUT2D eigenvalue weighted by Gasteiger charge is -2.12. The predicted octanol–water partition coefficient (Wildman–Crippen LogP) is 0.0957. The molecule has 2 heterocycles. The summed E-state index contributed by atoms with van der Waals surface area (Å²) in [5.74, 6) is 0.395. The highest BCUT2D eigenvalue weighted by molar-refractivity contribution is 5.14. The molecule has 64 valence electrons. The molecule has 2 rings (SSSR count). The summed E-state index contributed by atoms with van der Waals surface area (Å²) in [4.78, 5) is 4.29. The molecule has 0 amide bonds. The molecule has 1 aromatic heterocycles. The number of aromatic nitrogens is 1. The van der Waals surface area contributed by atoms with Gasteiger partial charge in [0.25, 0.3) is 0 Å². The van der Waals surface area contributed by atoms with Crippen molar-refractivity contribution in [2.45, 2.75) is 12.0 Å². The third-order valence-electron chi connectivity index (χ3n) is 2.33. The van der Waals surface area contributed by atoms with Crippen molar-refractivity contribution in [3.63, 3.8) is 0 Å². The van der Waals surface area contributed by atoms with Gasteiger partial charge in [-0.25, -0.2) is 0 Å². The molecule has 3 nitrogen and oxygen atoms in total. The zero-order valence-corrected chi connectivity index (χ0v) is 6.90. The lowest BCUT2D eigenvalue weighted by molar-refractivity contribution is 0.637. The van der Waals surface area contributed by atoms with E-state index < -0.39 is 0 Å². The predicted molar refractivity (Wildman–Crippen MR) is 47.8 cm³/mol. The number of hydrogen-bond acceptors (Lipinski definition) is 3. The van der Waals surface area contributed by atoms with E-state index >= 15 is 0 Å². The van der Waals surface area contributed by atoms with Crippen molar-refractivity contribution in [3.05, 3.63) is 30.1 Å². The number of nitrogens with zero attached hydrogens (tertiary/aromatic N) is 1. The van der Waals surface area contributed by atoms with Crippen molar-refractivity contribution in [3.8, 4) is 0 Å². The molecule has 2 atom stereocenters. The average molecular weight is 163 g/mol. The molecule has 0 aliphatic carbocycles. The molecule has 1 aliphatic rings. The van der Waals surface area contributed by atoms with Crippen LogP contribution in [0.2, 0.25) is 0 Å². The highest BCUT2D eigenvalue weighted by Gasteiger charge is 2.25. The Kier molecular flexibility index (Phi) is 2.06. The van der Waals surface area contributed by atoms with E-state index in [2.05, 4.69) is 10.3 Å². The van der Waals surface area contributed by atoms with Crippen molar-refractivity contribution in [2.24, 2.45) is 5.73 Å². The van der Waals surface area contributed by atoms with Gasteiger partial charge in [0.15, 0.2) is 0 Å². The first-order valence-electron chi connectivity index (χ1n) is 4.25. The van der Waals surface area contributed by atoms with E-state index in [0.29, 0.717) is 5.92 Å². The molecular formula is C9H13N3. The van der Waals surface area contributed by atoms with Crippen LogP contribution in [0.1, 0.15) is 11.6 Å². The van der Waals surface area contributed by atoms with Gasteiger partial charge in [-0.2, -0.15) is 0 Å². The van der Waals surface area contributed by atoms with E-state index in [9.17, 15) is 0 Å². The maximum absolute atomic E-state index is 5.91. The van der Waals surface area contributed by atoms with Crippen LogP contribution in [0.15, 0.2) is 24.4 Å². The Morgan fingerprint density at radius 3 is 2.92 bits per heavy atom. The van der Waals surface area contributed by atoms with Crippen LogP contribution in [0, 0.1) is 0 Å². The van der Waals surface area contributed by atoms with Crippen LogP contribution < -0.4 is 11.1 Å². The Labute approximate surface area is 72.0 Å². The van der Waals surface area contributed by atoms with Crippen molar-refractivity contribution in [2.75, 3.05) is 13.1 Å². The van der Waals surface area contributed by atoms with Crippen LogP contribution in [-0.4, -0.2) is 24.1 Å². The molecule has 0 saturated carbocycles. The minimum absolute atomic E-state index is 0.222. The molecule has 1 fully saturated rings.